The summed E-state index contributed by atoms with van der Waals surface area (Å²) in [6.45, 7) is 3.28. The normalized spacial score (nSPS) is 16.4. The van der Waals surface area contributed by atoms with Gasteiger partial charge in [-0.15, -0.1) is 24.0 Å². The summed E-state index contributed by atoms with van der Waals surface area (Å²) in [5.74, 6) is 1.68. The first-order valence-electron chi connectivity index (χ1n) is 10.4. The van der Waals surface area contributed by atoms with Crippen molar-refractivity contribution in [3.8, 4) is 5.75 Å². The standard InChI is InChI=1S/C23H28N6O2.HI/c1-24-23(29-10-11-30-22(16-29)19-14-27-28(2)15-19)26-13-18-6-5-8-21(12-18)31-17-20-7-3-4-9-25-20;/h3-9,12,14-15,22H,10-11,13,16-17H2,1-2H3,(H,24,26);1H. The lowest BCUT2D eigenvalue weighted by Gasteiger charge is -2.34. The van der Waals surface area contributed by atoms with Crippen molar-refractivity contribution in [3.63, 3.8) is 0 Å². The van der Waals surface area contributed by atoms with Gasteiger partial charge in [-0.1, -0.05) is 18.2 Å². The van der Waals surface area contributed by atoms with Crippen molar-refractivity contribution >= 4 is 29.9 Å². The number of halogens is 1. The molecule has 0 aliphatic carbocycles. The molecule has 1 aliphatic heterocycles. The van der Waals surface area contributed by atoms with Crippen LogP contribution in [-0.2, 0) is 24.9 Å². The molecule has 1 saturated heterocycles. The zero-order valence-corrected chi connectivity index (χ0v) is 20.7. The zero-order chi connectivity index (χ0) is 21.5. The number of pyridine rings is 1. The molecule has 3 heterocycles. The summed E-state index contributed by atoms with van der Waals surface area (Å²) in [5, 5.41) is 7.72. The molecule has 2 aromatic heterocycles. The highest BCUT2D eigenvalue weighted by Crippen LogP contribution is 2.22. The van der Waals surface area contributed by atoms with Gasteiger partial charge in [-0.05, 0) is 29.8 Å². The van der Waals surface area contributed by atoms with Crippen LogP contribution in [-0.4, -0.2) is 52.4 Å². The van der Waals surface area contributed by atoms with E-state index in [1.165, 1.54) is 0 Å². The molecule has 1 fully saturated rings. The second-order valence-electron chi connectivity index (χ2n) is 7.41. The summed E-state index contributed by atoms with van der Waals surface area (Å²) in [4.78, 5) is 11.0. The van der Waals surface area contributed by atoms with E-state index in [9.17, 15) is 0 Å². The maximum Gasteiger partial charge on any atom is 0.194 e. The number of hydrogen-bond donors (Lipinski definition) is 1. The average Bonchev–Trinajstić information content (AvgIpc) is 3.26. The predicted octanol–water partition coefficient (Wildman–Crippen LogP) is 3.16. The van der Waals surface area contributed by atoms with Gasteiger partial charge in [0.1, 0.15) is 18.5 Å². The van der Waals surface area contributed by atoms with Gasteiger partial charge >= 0.3 is 0 Å². The van der Waals surface area contributed by atoms with Crippen molar-refractivity contribution in [2.24, 2.45) is 12.0 Å². The molecule has 1 aromatic carbocycles. The van der Waals surface area contributed by atoms with Crippen molar-refractivity contribution < 1.29 is 9.47 Å². The Bertz CT molecular complexity index is 1010. The highest BCUT2D eigenvalue weighted by Gasteiger charge is 2.25. The minimum Gasteiger partial charge on any atom is -0.487 e. The predicted molar refractivity (Wildman–Crippen MR) is 134 cm³/mol. The van der Waals surface area contributed by atoms with Crippen LogP contribution in [0.15, 0.2) is 66.0 Å². The van der Waals surface area contributed by atoms with Crippen molar-refractivity contribution in [3.05, 3.63) is 77.9 Å². The highest BCUT2D eigenvalue weighted by molar-refractivity contribution is 14.0. The Balaban J connectivity index is 0.00000289. The fraction of sp³-hybridized carbons (Fsp3) is 0.348. The summed E-state index contributed by atoms with van der Waals surface area (Å²) >= 11 is 0. The number of nitrogens with zero attached hydrogens (tertiary/aromatic N) is 5. The van der Waals surface area contributed by atoms with E-state index >= 15 is 0 Å². The number of aliphatic imine (C=N–C) groups is 1. The molecule has 9 heteroatoms. The second kappa shape index (κ2) is 11.8. The molecule has 0 bridgehead atoms. The Morgan fingerprint density at radius 3 is 2.94 bits per heavy atom. The topological polar surface area (TPSA) is 76.8 Å². The molecule has 0 radical (unpaired) electrons. The summed E-state index contributed by atoms with van der Waals surface area (Å²) in [6, 6.07) is 13.9. The number of ether oxygens (including phenoxy) is 2. The van der Waals surface area contributed by atoms with Crippen LogP contribution in [0.5, 0.6) is 5.75 Å². The van der Waals surface area contributed by atoms with Crippen LogP contribution in [0.2, 0.25) is 0 Å². The molecule has 1 unspecified atom stereocenters. The molecule has 0 spiro atoms. The minimum absolute atomic E-state index is 0. The van der Waals surface area contributed by atoms with E-state index in [1.807, 2.05) is 62.9 Å². The van der Waals surface area contributed by atoms with Crippen LogP contribution in [0.25, 0.3) is 0 Å². The van der Waals surface area contributed by atoms with Gasteiger partial charge in [0.05, 0.1) is 25.0 Å². The largest absolute Gasteiger partial charge is 0.487 e. The highest BCUT2D eigenvalue weighted by atomic mass is 127. The number of aromatic nitrogens is 3. The number of hydrogen-bond acceptors (Lipinski definition) is 5. The van der Waals surface area contributed by atoms with Gasteiger partial charge in [-0.2, -0.15) is 5.10 Å². The van der Waals surface area contributed by atoms with Gasteiger partial charge in [0.25, 0.3) is 0 Å². The first-order chi connectivity index (χ1) is 15.2. The summed E-state index contributed by atoms with van der Waals surface area (Å²) < 4.78 is 13.6. The lowest BCUT2D eigenvalue weighted by molar-refractivity contribution is -0.00805. The van der Waals surface area contributed by atoms with Crippen LogP contribution in [0.3, 0.4) is 0 Å². The molecule has 1 N–H and O–H groups in total. The molecule has 8 nitrogen and oxygen atoms in total. The van der Waals surface area contributed by atoms with Crippen molar-refractivity contribution in [2.45, 2.75) is 19.3 Å². The molecule has 32 heavy (non-hydrogen) atoms. The smallest absolute Gasteiger partial charge is 0.194 e. The van der Waals surface area contributed by atoms with E-state index < -0.39 is 0 Å². The zero-order valence-electron chi connectivity index (χ0n) is 18.3. The Labute approximate surface area is 205 Å². The van der Waals surface area contributed by atoms with Crippen LogP contribution in [0.4, 0.5) is 0 Å². The van der Waals surface area contributed by atoms with E-state index in [0.29, 0.717) is 19.8 Å². The van der Waals surface area contributed by atoms with Crippen molar-refractivity contribution in [2.75, 3.05) is 26.7 Å². The van der Waals surface area contributed by atoms with E-state index in [-0.39, 0.29) is 30.1 Å². The summed E-state index contributed by atoms with van der Waals surface area (Å²) in [5.41, 5.74) is 3.11. The molecule has 1 aliphatic rings. The summed E-state index contributed by atoms with van der Waals surface area (Å²) in [6.07, 6.45) is 5.63. The van der Waals surface area contributed by atoms with Gasteiger partial charge in [0.15, 0.2) is 5.96 Å². The maximum absolute atomic E-state index is 5.94. The SMILES string of the molecule is CN=C(NCc1cccc(OCc2ccccn2)c1)N1CCOC(c2cnn(C)c2)C1.I. The number of nitrogens with one attached hydrogen (secondary N) is 1. The molecule has 4 rings (SSSR count). The summed E-state index contributed by atoms with van der Waals surface area (Å²) in [7, 11) is 3.72. The van der Waals surface area contributed by atoms with E-state index in [4.69, 9.17) is 9.47 Å². The fourth-order valence-electron chi connectivity index (χ4n) is 3.55. The second-order valence-corrected chi connectivity index (χ2v) is 7.41. The molecule has 3 aromatic rings. The monoisotopic (exact) mass is 548 g/mol. The van der Waals surface area contributed by atoms with Crippen molar-refractivity contribution in [1.29, 1.82) is 0 Å². The van der Waals surface area contributed by atoms with Crippen LogP contribution in [0, 0.1) is 0 Å². The third-order valence-corrected chi connectivity index (χ3v) is 5.14. The number of rotatable bonds is 6. The first-order valence-corrected chi connectivity index (χ1v) is 10.4. The lowest BCUT2D eigenvalue weighted by atomic mass is 10.1. The van der Waals surface area contributed by atoms with Gasteiger partial charge < -0.3 is 19.7 Å². The first kappa shape index (κ1) is 24.0. The number of morpholine rings is 1. The van der Waals surface area contributed by atoms with Gasteiger partial charge in [-0.3, -0.25) is 14.7 Å². The van der Waals surface area contributed by atoms with Crippen molar-refractivity contribution in [1.82, 2.24) is 25.0 Å². The number of aryl methyl sites for hydroxylation is 1. The lowest BCUT2D eigenvalue weighted by Crippen LogP contribution is -2.47. The number of benzene rings is 1. The Morgan fingerprint density at radius 2 is 2.19 bits per heavy atom. The van der Waals surface area contributed by atoms with Gasteiger partial charge in [-0.25, -0.2) is 0 Å². The average molecular weight is 548 g/mol. The molecule has 0 amide bonds. The molecular formula is C23H29IN6O2. The third-order valence-electron chi connectivity index (χ3n) is 5.14. The van der Waals surface area contributed by atoms with E-state index in [2.05, 4.69) is 31.4 Å². The fourth-order valence-corrected chi connectivity index (χ4v) is 3.55. The maximum atomic E-state index is 5.94. The Morgan fingerprint density at radius 1 is 1.28 bits per heavy atom. The Hall–Kier alpha value is -2.66. The Kier molecular flexibility index (Phi) is 8.86. The van der Waals surface area contributed by atoms with E-state index in [0.717, 1.165) is 41.6 Å². The quantitative estimate of drug-likeness (QED) is 0.290. The van der Waals surface area contributed by atoms with E-state index in [1.54, 1.807) is 10.9 Å². The van der Waals surface area contributed by atoms with Crippen LogP contribution < -0.4 is 10.1 Å². The van der Waals surface area contributed by atoms with Crippen LogP contribution in [0.1, 0.15) is 22.9 Å². The van der Waals surface area contributed by atoms with Crippen LogP contribution >= 0.6 is 24.0 Å². The molecule has 0 saturated carbocycles. The molecular weight excluding hydrogens is 519 g/mol. The molecule has 170 valence electrons. The van der Waals surface area contributed by atoms with Gasteiger partial charge in [0.2, 0.25) is 0 Å². The molecule has 1 atom stereocenters. The van der Waals surface area contributed by atoms with Gasteiger partial charge in [0, 0.05) is 45.1 Å². The third kappa shape index (κ3) is 6.42. The minimum atomic E-state index is -0.00989. The number of guanidine groups is 1.